The minimum atomic E-state index is 0.472. The molecule has 1 aliphatic rings. The van der Waals surface area contributed by atoms with Crippen molar-refractivity contribution < 1.29 is 4.74 Å². The highest BCUT2D eigenvalue weighted by Gasteiger charge is 2.21. The van der Waals surface area contributed by atoms with Gasteiger partial charge in [-0.1, -0.05) is 19.1 Å². The first-order valence-electron chi connectivity index (χ1n) is 8.94. The van der Waals surface area contributed by atoms with E-state index in [0.29, 0.717) is 6.04 Å². The van der Waals surface area contributed by atoms with Crippen molar-refractivity contribution in [3.8, 4) is 17.0 Å². The normalized spacial score (nSPS) is 16.7. The molecule has 2 heterocycles. The van der Waals surface area contributed by atoms with Crippen LogP contribution in [0.15, 0.2) is 30.5 Å². The van der Waals surface area contributed by atoms with Crippen LogP contribution in [-0.2, 0) is 0 Å². The summed E-state index contributed by atoms with van der Waals surface area (Å²) >= 11 is 0. The predicted molar refractivity (Wildman–Crippen MR) is 96.2 cm³/mol. The number of methoxy groups -OCH3 is 1. The Morgan fingerprint density at radius 1 is 1.17 bits per heavy atom. The molecular weight excluding hydrogens is 300 g/mol. The van der Waals surface area contributed by atoms with E-state index in [2.05, 4.69) is 39.9 Å². The first kappa shape index (κ1) is 17.0. The Morgan fingerprint density at radius 2 is 1.88 bits per heavy atom. The van der Waals surface area contributed by atoms with Gasteiger partial charge >= 0.3 is 0 Å². The van der Waals surface area contributed by atoms with E-state index in [1.54, 1.807) is 7.11 Å². The Morgan fingerprint density at radius 3 is 2.50 bits per heavy atom. The molecule has 1 saturated heterocycles. The first-order valence-corrected chi connectivity index (χ1v) is 8.94. The molecule has 0 spiro atoms. The van der Waals surface area contributed by atoms with Gasteiger partial charge in [-0.3, -0.25) is 0 Å². The Labute approximate surface area is 144 Å². The largest absolute Gasteiger partial charge is 0.497 e. The Balaban J connectivity index is 1.58. The van der Waals surface area contributed by atoms with Crippen LogP contribution in [0.1, 0.15) is 39.2 Å². The zero-order valence-electron chi connectivity index (χ0n) is 15.0. The quantitative estimate of drug-likeness (QED) is 0.812. The molecule has 0 saturated carbocycles. The van der Waals surface area contributed by atoms with Crippen molar-refractivity contribution in [1.82, 2.24) is 19.9 Å². The van der Waals surface area contributed by atoms with Crippen molar-refractivity contribution in [2.75, 3.05) is 26.7 Å². The first-order chi connectivity index (χ1) is 11.7. The molecule has 1 aromatic carbocycles. The van der Waals surface area contributed by atoms with Crippen LogP contribution in [0.25, 0.3) is 11.3 Å². The highest BCUT2D eigenvalue weighted by Crippen LogP contribution is 2.25. The number of rotatable bonds is 6. The molecule has 0 radical (unpaired) electrons. The monoisotopic (exact) mass is 328 g/mol. The van der Waals surface area contributed by atoms with Crippen molar-refractivity contribution in [2.45, 2.75) is 39.2 Å². The van der Waals surface area contributed by atoms with Crippen LogP contribution in [0.3, 0.4) is 0 Å². The molecule has 0 atom stereocenters. The molecule has 0 aliphatic carbocycles. The van der Waals surface area contributed by atoms with Gasteiger partial charge in [0.2, 0.25) is 0 Å². The maximum Gasteiger partial charge on any atom is 0.118 e. The number of aromatic nitrogens is 3. The maximum atomic E-state index is 5.20. The van der Waals surface area contributed by atoms with E-state index in [1.807, 2.05) is 24.3 Å². The van der Waals surface area contributed by atoms with Gasteiger partial charge in [0.1, 0.15) is 11.4 Å². The van der Waals surface area contributed by atoms with Crippen molar-refractivity contribution in [3.05, 3.63) is 30.5 Å². The van der Waals surface area contributed by atoms with Crippen molar-refractivity contribution in [1.29, 1.82) is 0 Å². The molecule has 1 aliphatic heterocycles. The highest BCUT2D eigenvalue weighted by atomic mass is 16.5. The summed E-state index contributed by atoms with van der Waals surface area (Å²) < 4.78 is 7.26. The van der Waals surface area contributed by atoms with Crippen LogP contribution in [-0.4, -0.2) is 46.6 Å². The third kappa shape index (κ3) is 4.15. The summed E-state index contributed by atoms with van der Waals surface area (Å²) in [5.41, 5.74) is 2.01. The zero-order chi connectivity index (χ0) is 16.9. The summed E-state index contributed by atoms with van der Waals surface area (Å²) in [6, 6.07) is 8.45. The number of hydrogen-bond donors (Lipinski definition) is 0. The van der Waals surface area contributed by atoms with E-state index in [0.717, 1.165) is 48.9 Å². The standard InChI is InChI=1S/C19H28N4O/c1-15(2)8-11-22-12-9-17(10-13-22)23-14-19(20-21-23)16-4-6-18(24-3)7-5-16/h4-7,14-15,17H,8-13H2,1-3H3. The fourth-order valence-corrected chi connectivity index (χ4v) is 3.20. The molecular formula is C19H28N4O. The van der Waals surface area contributed by atoms with Gasteiger partial charge < -0.3 is 9.64 Å². The summed E-state index contributed by atoms with van der Waals surface area (Å²) in [5, 5.41) is 8.73. The molecule has 0 amide bonds. The van der Waals surface area contributed by atoms with E-state index < -0.39 is 0 Å². The van der Waals surface area contributed by atoms with Crippen molar-refractivity contribution >= 4 is 0 Å². The van der Waals surface area contributed by atoms with Crippen molar-refractivity contribution in [3.63, 3.8) is 0 Å². The van der Waals surface area contributed by atoms with Gasteiger partial charge in [0, 0.05) is 18.7 Å². The lowest BCUT2D eigenvalue weighted by Gasteiger charge is -2.32. The second-order valence-corrected chi connectivity index (χ2v) is 7.07. The van der Waals surface area contributed by atoms with E-state index in [-0.39, 0.29) is 0 Å². The fraction of sp³-hybridized carbons (Fsp3) is 0.579. The Kier molecular flexibility index (Phi) is 5.51. The van der Waals surface area contributed by atoms with Gasteiger partial charge in [0.25, 0.3) is 0 Å². The number of ether oxygens (including phenoxy) is 1. The molecule has 2 aromatic rings. The summed E-state index contributed by atoms with van der Waals surface area (Å²) in [4.78, 5) is 2.58. The molecule has 24 heavy (non-hydrogen) atoms. The number of nitrogens with zero attached hydrogens (tertiary/aromatic N) is 4. The lowest BCUT2D eigenvalue weighted by Crippen LogP contribution is -2.35. The van der Waals surface area contributed by atoms with Crippen LogP contribution in [0, 0.1) is 5.92 Å². The minimum absolute atomic E-state index is 0.472. The number of hydrogen-bond acceptors (Lipinski definition) is 4. The van der Waals surface area contributed by atoms with Gasteiger partial charge in [-0.15, -0.1) is 5.10 Å². The summed E-state index contributed by atoms with van der Waals surface area (Å²) in [6.07, 6.45) is 5.68. The molecule has 0 N–H and O–H groups in total. The number of benzene rings is 1. The van der Waals surface area contributed by atoms with Gasteiger partial charge in [0.15, 0.2) is 0 Å². The number of piperidine rings is 1. The van der Waals surface area contributed by atoms with E-state index in [4.69, 9.17) is 4.74 Å². The molecule has 0 bridgehead atoms. The SMILES string of the molecule is COc1ccc(-c2cn(C3CCN(CCC(C)C)CC3)nn2)cc1. The molecule has 1 aromatic heterocycles. The van der Waals surface area contributed by atoms with Gasteiger partial charge in [0.05, 0.1) is 19.3 Å². The number of likely N-dealkylation sites (tertiary alicyclic amines) is 1. The lowest BCUT2D eigenvalue weighted by atomic mass is 10.0. The highest BCUT2D eigenvalue weighted by molar-refractivity contribution is 5.58. The zero-order valence-corrected chi connectivity index (χ0v) is 15.0. The van der Waals surface area contributed by atoms with E-state index in [1.165, 1.54) is 13.0 Å². The molecule has 1 fully saturated rings. The maximum absolute atomic E-state index is 5.20. The van der Waals surface area contributed by atoms with Crippen LogP contribution in [0.2, 0.25) is 0 Å². The van der Waals surface area contributed by atoms with E-state index >= 15 is 0 Å². The van der Waals surface area contributed by atoms with Gasteiger partial charge in [-0.25, -0.2) is 4.68 Å². The topological polar surface area (TPSA) is 43.2 Å². The summed E-state index contributed by atoms with van der Waals surface area (Å²) in [6.45, 7) is 8.13. The second kappa shape index (κ2) is 7.79. The van der Waals surface area contributed by atoms with Crippen LogP contribution in [0.5, 0.6) is 5.75 Å². The van der Waals surface area contributed by atoms with Crippen LogP contribution >= 0.6 is 0 Å². The molecule has 3 rings (SSSR count). The third-order valence-corrected chi connectivity index (χ3v) is 4.85. The smallest absolute Gasteiger partial charge is 0.118 e. The molecule has 5 heteroatoms. The third-order valence-electron chi connectivity index (χ3n) is 4.85. The lowest BCUT2D eigenvalue weighted by molar-refractivity contribution is 0.172. The Hall–Kier alpha value is -1.88. The minimum Gasteiger partial charge on any atom is -0.497 e. The van der Waals surface area contributed by atoms with Gasteiger partial charge in [-0.05, 0) is 56.0 Å². The average Bonchev–Trinajstić information content (AvgIpc) is 3.10. The predicted octanol–water partition coefficient (Wildman–Crippen LogP) is 3.64. The van der Waals surface area contributed by atoms with Gasteiger partial charge in [-0.2, -0.15) is 0 Å². The summed E-state index contributed by atoms with van der Waals surface area (Å²) in [5.74, 6) is 1.64. The second-order valence-electron chi connectivity index (χ2n) is 7.07. The average molecular weight is 328 g/mol. The fourth-order valence-electron chi connectivity index (χ4n) is 3.20. The van der Waals surface area contributed by atoms with Crippen LogP contribution in [0.4, 0.5) is 0 Å². The van der Waals surface area contributed by atoms with E-state index in [9.17, 15) is 0 Å². The molecule has 0 unspecified atom stereocenters. The van der Waals surface area contributed by atoms with Crippen molar-refractivity contribution in [2.24, 2.45) is 5.92 Å². The molecule has 5 nitrogen and oxygen atoms in total. The summed E-state index contributed by atoms with van der Waals surface area (Å²) in [7, 11) is 1.68. The van der Waals surface area contributed by atoms with Crippen LogP contribution < -0.4 is 4.74 Å². The Bertz CT molecular complexity index is 627. The molecule has 130 valence electrons.